The van der Waals surface area contributed by atoms with Gasteiger partial charge in [0.05, 0.1) is 11.3 Å². The summed E-state index contributed by atoms with van der Waals surface area (Å²) in [5, 5.41) is 3.23. The van der Waals surface area contributed by atoms with Gasteiger partial charge < -0.3 is 19.7 Å². The van der Waals surface area contributed by atoms with Gasteiger partial charge in [-0.1, -0.05) is 18.2 Å². The number of carbonyl (C=O) groups is 2. The van der Waals surface area contributed by atoms with E-state index < -0.39 is 5.60 Å². The number of nitrogens with zero attached hydrogens (tertiary/aromatic N) is 1. The molecule has 0 saturated heterocycles. The van der Waals surface area contributed by atoms with Crippen molar-refractivity contribution >= 4 is 83.2 Å². The zero-order valence-corrected chi connectivity index (χ0v) is 35.1. The van der Waals surface area contributed by atoms with E-state index in [1.54, 1.807) is 18.0 Å². The van der Waals surface area contributed by atoms with Crippen LogP contribution in [0.3, 0.4) is 0 Å². The fourth-order valence-electron chi connectivity index (χ4n) is 6.69. The van der Waals surface area contributed by atoms with Gasteiger partial charge in [0.2, 0.25) is 0 Å². The van der Waals surface area contributed by atoms with Crippen LogP contribution in [0, 0.1) is 48.5 Å². The molecular formula is C36H36I3N2O4V. The van der Waals surface area contributed by atoms with E-state index >= 15 is 0 Å². The van der Waals surface area contributed by atoms with Crippen LogP contribution in [0.5, 0.6) is 11.5 Å². The number of benzene rings is 4. The molecule has 0 aliphatic carbocycles. The molecule has 0 aromatic heterocycles. The van der Waals surface area contributed by atoms with Crippen molar-refractivity contribution in [2.75, 3.05) is 24.3 Å². The predicted molar refractivity (Wildman–Crippen MR) is 209 cm³/mol. The molecular weight excluding hydrogens is 956 g/mol. The van der Waals surface area contributed by atoms with Crippen LogP contribution in [0.4, 0.5) is 11.4 Å². The number of hydrogen-bond donors (Lipinski definition) is 1. The van der Waals surface area contributed by atoms with Gasteiger partial charge >= 0.3 is 70.8 Å². The molecule has 46 heavy (non-hydrogen) atoms. The van der Waals surface area contributed by atoms with E-state index in [0.717, 1.165) is 67.0 Å². The molecule has 0 bridgehead atoms. The third-order valence-corrected chi connectivity index (χ3v) is 9.52. The van der Waals surface area contributed by atoms with Crippen molar-refractivity contribution in [3.8, 4) is 11.5 Å². The normalized spacial score (nSPS) is 15.7. The molecule has 2 aliphatic rings. The number of fused-ring (bicyclic) bond motifs is 6. The topological polar surface area (TPSA) is 67.9 Å². The Hall–Kier alpha value is -1.81. The summed E-state index contributed by atoms with van der Waals surface area (Å²) < 4.78 is 12.9. The Morgan fingerprint density at radius 1 is 0.783 bits per heavy atom. The third kappa shape index (κ3) is 5.90. The minimum absolute atomic E-state index is 0.0732. The van der Waals surface area contributed by atoms with Crippen LogP contribution >= 0.6 is 59.9 Å². The molecule has 4 aromatic rings. The zero-order chi connectivity index (χ0) is 33.8. The number of anilines is 2. The number of hydrogen-bond acceptors (Lipinski definition) is 5. The van der Waals surface area contributed by atoms with Gasteiger partial charge in [-0.05, 0) is 106 Å². The summed E-state index contributed by atoms with van der Waals surface area (Å²) in [6.45, 7) is 14.3. The summed E-state index contributed by atoms with van der Waals surface area (Å²) in [5.74, 6) is 0.700. The fraction of sp³-hybridized carbons (Fsp3) is 0.278. The zero-order valence-electron chi connectivity index (χ0n) is 27.3. The monoisotopic (exact) mass is 992 g/mol. The molecule has 1 amide bonds. The van der Waals surface area contributed by atoms with Crippen molar-refractivity contribution in [1.29, 1.82) is 0 Å². The van der Waals surface area contributed by atoms with E-state index in [1.807, 2.05) is 77.2 Å². The molecule has 0 radical (unpaired) electrons. The van der Waals surface area contributed by atoms with Gasteiger partial charge in [-0.25, -0.2) is 4.79 Å². The van der Waals surface area contributed by atoms with Gasteiger partial charge in [0.1, 0.15) is 11.5 Å². The van der Waals surface area contributed by atoms with Crippen LogP contribution in [-0.4, -0.2) is 26.0 Å². The summed E-state index contributed by atoms with van der Waals surface area (Å²) in [4.78, 5) is 28.8. The molecule has 1 unspecified atom stereocenters. The molecule has 1 atom stereocenters. The van der Waals surface area contributed by atoms with Crippen LogP contribution in [0.15, 0.2) is 48.5 Å². The first kappa shape index (κ1) is 35.5. The number of ether oxygens (including phenoxy) is 2. The average molecular weight is 992 g/mol. The van der Waals surface area contributed by atoms with Crippen molar-refractivity contribution in [2.24, 2.45) is 0 Å². The van der Waals surface area contributed by atoms with Crippen molar-refractivity contribution in [3.05, 3.63) is 115 Å². The van der Waals surface area contributed by atoms with Gasteiger partial charge in [-0.3, -0.25) is 4.79 Å². The Bertz CT molecular complexity index is 1890. The Kier molecular flexibility index (Phi) is 10.5. The molecule has 10 heteroatoms. The number of carbonyl (C=O) groups excluding carboxylic acids is 2. The number of esters is 1. The summed E-state index contributed by atoms with van der Waals surface area (Å²) in [6.07, 6.45) is 0. The number of nitrogens with one attached hydrogen (secondary N) is 1. The van der Waals surface area contributed by atoms with E-state index in [2.05, 4.69) is 86.0 Å². The Morgan fingerprint density at radius 2 is 1.30 bits per heavy atom. The van der Waals surface area contributed by atoms with E-state index in [0.29, 0.717) is 17.1 Å². The standard InChI is InChI=1S/C36H36N2O4.3HI.V/c1-18-14-27-31(16-29(18)37-8)41-32-17-30(38(9)34(39)33-23(6)21(4)20(3)22(5)24(33)7)19(2)15-28(32)36(27)26-13-11-10-12-25(26)35(40)42-36;;;;/h10-17,37H,1-9H3;3*1H;/q;;;;+3/p-3. The van der Waals surface area contributed by atoms with Crippen LogP contribution in [0.25, 0.3) is 0 Å². The summed E-state index contributed by atoms with van der Waals surface area (Å²) in [5.41, 5.74) is 11.4. The van der Waals surface area contributed by atoms with Crippen LogP contribution in [0.1, 0.15) is 76.4 Å². The van der Waals surface area contributed by atoms with Gasteiger partial charge in [0, 0.05) is 54.2 Å². The third-order valence-electron chi connectivity index (χ3n) is 9.52. The molecule has 2 aliphatic heterocycles. The predicted octanol–water partition coefficient (Wildman–Crippen LogP) is 10.4. The first-order valence-electron chi connectivity index (χ1n) is 14.8. The van der Waals surface area contributed by atoms with Crippen LogP contribution < -0.4 is 15.0 Å². The SMILES string of the molecule is CNc1cc2c(cc1C)C1(OC(=O)c3ccccc31)c1cc(C)c(N(C)C(=O)c3c(C)c(C)c(C)c(C)c3C)cc1O2.[I][V]([I])[I]. The molecule has 6 rings (SSSR count). The van der Waals surface area contributed by atoms with Crippen molar-refractivity contribution in [1.82, 2.24) is 0 Å². The van der Waals surface area contributed by atoms with Crippen molar-refractivity contribution in [3.63, 3.8) is 0 Å². The second kappa shape index (κ2) is 13.6. The number of rotatable bonds is 3. The first-order valence-corrected chi connectivity index (χ1v) is 28.3. The second-order valence-electron chi connectivity index (χ2n) is 11.8. The Morgan fingerprint density at radius 3 is 1.89 bits per heavy atom. The maximum atomic E-state index is 14.1. The summed E-state index contributed by atoms with van der Waals surface area (Å²) in [7, 11) is 3.67. The molecule has 0 fully saturated rings. The first-order chi connectivity index (χ1) is 21.6. The van der Waals surface area contributed by atoms with Crippen LogP contribution in [-0.2, 0) is 15.3 Å². The van der Waals surface area contributed by atoms with Gasteiger partial charge in [-0.2, -0.15) is 0 Å². The number of halogens is 3. The molecule has 1 N–H and O–H groups in total. The van der Waals surface area contributed by atoms with E-state index in [4.69, 9.17) is 9.47 Å². The van der Waals surface area contributed by atoms with Crippen LogP contribution in [0.2, 0.25) is 0 Å². The maximum absolute atomic E-state index is 14.1. The fourth-order valence-corrected chi connectivity index (χ4v) is 6.69. The summed E-state index contributed by atoms with van der Waals surface area (Å²) >= 11 is 7.39. The average Bonchev–Trinajstić information content (AvgIpc) is 3.31. The molecule has 6 nitrogen and oxygen atoms in total. The molecule has 2 heterocycles. The van der Waals surface area contributed by atoms with Gasteiger partial charge in [0.15, 0.2) is 5.60 Å². The quantitative estimate of drug-likeness (QED) is 0.164. The summed E-state index contributed by atoms with van der Waals surface area (Å²) in [6, 6.07) is 15.4. The minimum atomic E-state index is -1.17. The molecule has 1 spiro atoms. The van der Waals surface area contributed by atoms with Gasteiger partial charge in [0.25, 0.3) is 5.91 Å². The number of aryl methyl sites for hydroxylation is 2. The Labute approximate surface area is 309 Å². The van der Waals surface area contributed by atoms with Crippen molar-refractivity contribution < 1.29 is 24.0 Å². The number of amides is 1. The molecule has 240 valence electrons. The Balaban J connectivity index is 0.000000985. The second-order valence-corrected chi connectivity index (χ2v) is 47.2. The van der Waals surface area contributed by atoms with E-state index in [-0.39, 0.29) is 16.8 Å². The molecule has 4 aromatic carbocycles. The van der Waals surface area contributed by atoms with E-state index in [9.17, 15) is 9.59 Å². The van der Waals surface area contributed by atoms with E-state index in [1.165, 1.54) is 5.56 Å². The van der Waals surface area contributed by atoms with Gasteiger partial charge in [-0.15, -0.1) is 0 Å². The van der Waals surface area contributed by atoms with Crippen molar-refractivity contribution in [2.45, 2.75) is 54.1 Å². The molecule has 0 saturated carbocycles.